The molecule has 2 aromatic carbocycles. The van der Waals surface area contributed by atoms with Gasteiger partial charge in [-0.3, -0.25) is 10.1 Å². The van der Waals surface area contributed by atoms with Gasteiger partial charge in [0, 0.05) is 6.07 Å². The zero-order valence-corrected chi connectivity index (χ0v) is 12.0. The van der Waals surface area contributed by atoms with Gasteiger partial charge in [0.15, 0.2) is 0 Å². The Morgan fingerprint density at radius 3 is 2.68 bits per heavy atom. The van der Waals surface area contributed by atoms with Gasteiger partial charge in [0.25, 0.3) is 5.69 Å². The van der Waals surface area contributed by atoms with E-state index < -0.39 is 4.92 Å². The maximum absolute atomic E-state index is 10.8. The number of hydrogen-bond acceptors (Lipinski definition) is 3. The largest absolute Gasteiger partial charge is 0.487 e. The van der Waals surface area contributed by atoms with Gasteiger partial charge in [-0.25, -0.2) is 0 Å². The van der Waals surface area contributed by atoms with Crippen LogP contribution in [0.3, 0.4) is 0 Å². The molecule has 0 saturated heterocycles. The zero-order chi connectivity index (χ0) is 13.8. The average molecular weight is 343 g/mol. The predicted octanol–water partition coefficient (Wildman–Crippen LogP) is 4.59. The molecule has 2 aromatic rings. The van der Waals surface area contributed by atoms with Crippen LogP contribution in [0, 0.1) is 10.1 Å². The van der Waals surface area contributed by atoms with Crippen molar-refractivity contribution < 1.29 is 9.66 Å². The summed E-state index contributed by atoms with van der Waals surface area (Å²) in [6.07, 6.45) is 0. The van der Waals surface area contributed by atoms with Crippen molar-refractivity contribution in [2.24, 2.45) is 0 Å². The summed E-state index contributed by atoms with van der Waals surface area (Å²) in [7, 11) is 0. The SMILES string of the molecule is O=[N+]([O-])c1cc(COc2ccccc2Cl)ccc1Br. The topological polar surface area (TPSA) is 52.4 Å². The maximum Gasteiger partial charge on any atom is 0.283 e. The van der Waals surface area contributed by atoms with Crippen molar-refractivity contribution in [3.8, 4) is 5.75 Å². The van der Waals surface area contributed by atoms with E-state index in [1.807, 2.05) is 6.07 Å². The predicted molar refractivity (Wildman–Crippen MR) is 76.6 cm³/mol. The van der Waals surface area contributed by atoms with E-state index >= 15 is 0 Å². The summed E-state index contributed by atoms with van der Waals surface area (Å²) >= 11 is 9.09. The number of benzene rings is 2. The van der Waals surface area contributed by atoms with Gasteiger partial charge in [0.2, 0.25) is 0 Å². The molecule has 0 N–H and O–H groups in total. The van der Waals surface area contributed by atoms with E-state index in [2.05, 4.69) is 15.9 Å². The fraction of sp³-hybridized carbons (Fsp3) is 0.0769. The van der Waals surface area contributed by atoms with E-state index in [0.29, 0.717) is 20.8 Å². The van der Waals surface area contributed by atoms with E-state index in [1.165, 1.54) is 6.07 Å². The van der Waals surface area contributed by atoms with Gasteiger partial charge < -0.3 is 4.74 Å². The first-order valence-electron chi connectivity index (χ1n) is 5.38. The third-order valence-corrected chi connectivity index (χ3v) is 3.42. The Hall–Kier alpha value is -1.59. The molecule has 0 aliphatic heterocycles. The number of hydrogen-bond donors (Lipinski definition) is 0. The van der Waals surface area contributed by atoms with Crippen molar-refractivity contribution >= 4 is 33.2 Å². The summed E-state index contributed by atoms with van der Waals surface area (Å²) in [6, 6.07) is 11.9. The van der Waals surface area contributed by atoms with Crippen LogP contribution in [0.25, 0.3) is 0 Å². The van der Waals surface area contributed by atoms with Gasteiger partial charge in [-0.2, -0.15) is 0 Å². The van der Waals surface area contributed by atoms with Crippen molar-refractivity contribution in [2.75, 3.05) is 0 Å². The van der Waals surface area contributed by atoms with E-state index in [9.17, 15) is 10.1 Å². The molecule has 0 spiro atoms. The molecule has 0 aliphatic carbocycles. The van der Waals surface area contributed by atoms with Crippen LogP contribution >= 0.6 is 27.5 Å². The minimum absolute atomic E-state index is 0.0141. The van der Waals surface area contributed by atoms with Crippen LogP contribution < -0.4 is 4.74 Å². The molecule has 0 amide bonds. The summed E-state index contributed by atoms with van der Waals surface area (Å²) in [5.74, 6) is 0.551. The van der Waals surface area contributed by atoms with Crippen molar-refractivity contribution in [3.63, 3.8) is 0 Å². The van der Waals surface area contributed by atoms with Crippen LogP contribution in [0.2, 0.25) is 5.02 Å². The van der Waals surface area contributed by atoms with E-state index in [4.69, 9.17) is 16.3 Å². The standard InChI is InChI=1S/C13H9BrClNO3/c14-10-6-5-9(7-12(10)16(17)18)8-19-13-4-2-1-3-11(13)15/h1-7H,8H2. The molecule has 6 heteroatoms. The monoisotopic (exact) mass is 341 g/mol. The minimum Gasteiger partial charge on any atom is -0.487 e. The van der Waals surface area contributed by atoms with Gasteiger partial charge in [-0.05, 0) is 39.7 Å². The highest BCUT2D eigenvalue weighted by atomic mass is 79.9. The Balaban J connectivity index is 2.14. The number of para-hydroxylation sites is 1. The molecule has 2 rings (SSSR count). The van der Waals surface area contributed by atoms with Crippen molar-refractivity contribution in [2.45, 2.75) is 6.61 Å². The fourth-order valence-corrected chi connectivity index (χ4v) is 2.09. The minimum atomic E-state index is -0.441. The molecule has 0 unspecified atom stereocenters. The van der Waals surface area contributed by atoms with Crippen LogP contribution in [0.1, 0.15) is 5.56 Å². The summed E-state index contributed by atoms with van der Waals surface area (Å²) in [5, 5.41) is 11.3. The second-order valence-corrected chi connectivity index (χ2v) is 5.02. The lowest BCUT2D eigenvalue weighted by molar-refractivity contribution is -0.385. The second-order valence-electron chi connectivity index (χ2n) is 3.76. The Morgan fingerprint density at radius 1 is 1.26 bits per heavy atom. The lowest BCUT2D eigenvalue weighted by Crippen LogP contribution is -1.98. The Labute approximate surface area is 123 Å². The number of nitro groups is 1. The normalized spacial score (nSPS) is 10.2. The second kappa shape index (κ2) is 6.04. The number of rotatable bonds is 4. The van der Waals surface area contributed by atoms with Gasteiger partial charge in [-0.15, -0.1) is 0 Å². The van der Waals surface area contributed by atoms with Crippen molar-refractivity contribution in [3.05, 3.63) is 67.6 Å². The highest BCUT2D eigenvalue weighted by Crippen LogP contribution is 2.27. The molecule has 0 fully saturated rings. The Morgan fingerprint density at radius 2 is 2.00 bits per heavy atom. The van der Waals surface area contributed by atoms with Crippen LogP contribution in [-0.2, 0) is 6.61 Å². The maximum atomic E-state index is 10.8. The zero-order valence-electron chi connectivity index (χ0n) is 9.68. The van der Waals surface area contributed by atoms with Gasteiger partial charge in [0.05, 0.1) is 14.4 Å². The molecule has 98 valence electrons. The molecule has 0 atom stereocenters. The summed E-state index contributed by atoms with van der Waals surface area (Å²) < 4.78 is 5.97. The number of ether oxygens (including phenoxy) is 1. The Bertz CT molecular complexity index is 619. The van der Waals surface area contributed by atoms with Crippen molar-refractivity contribution in [1.82, 2.24) is 0 Å². The van der Waals surface area contributed by atoms with E-state index in [1.54, 1.807) is 30.3 Å². The molecule has 0 heterocycles. The van der Waals surface area contributed by atoms with Gasteiger partial charge >= 0.3 is 0 Å². The highest BCUT2D eigenvalue weighted by molar-refractivity contribution is 9.10. The quantitative estimate of drug-likeness (QED) is 0.603. The summed E-state index contributed by atoms with van der Waals surface area (Å²) in [4.78, 5) is 10.4. The first-order chi connectivity index (χ1) is 9.08. The molecule has 0 bridgehead atoms. The average Bonchev–Trinajstić information content (AvgIpc) is 2.39. The van der Waals surface area contributed by atoms with E-state index in [0.717, 1.165) is 0 Å². The van der Waals surface area contributed by atoms with E-state index in [-0.39, 0.29) is 12.3 Å². The number of nitro benzene ring substituents is 1. The third-order valence-electron chi connectivity index (χ3n) is 2.44. The summed E-state index contributed by atoms with van der Waals surface area (Å²) in [5.41, 5.74) is 0.718. The molecule has 4 nitrogen and oxygen atoms in total. The fourth-order valence-electron chi connectivity index (χ4n) is 1.51. The Kier molecular flexibility index (Phi) is 4.39. The van der Waals surface area contributed by atoms with Crippen LogP contribution in [-0.4, -0.2) is 4.92 Å². The molecule has 0 aliphatic rings. The smallest absolute Gasteiger partial charge is 0.283 e. The first kappa shape index (κ1) is 13.8. The first-order valence-corrected chi connectivity index (χ1v) is 6.55. The van der Waals surface area contributed by atoms with Crippen LogP contribution in [0.15, 0.2) is 46.9 Å². The molecule has 0 saturated carbocycles. The summed E-state index contributed by atoms with van der Waals surface area (Å²) in [6.45, 7) is 0.220. The van der Waals surface area contributed by atoms with Crippen molar-refractivity contribution in [1.29, 1.82) is 0 Å². The molecule has 0 aromatic heterocycles. The lowest BCUT2D eigenvalue weighted by atomic mass is 10.2. The molecular formula is C13H9BrClNO3. The lowest BCUT2D eigenvalue weighted by Gasteiger charge is -2.08. The molecule has 19 heavy (non-hydrogen) atoms. The van der Waals surface area contributed by atoms with Crippen LogP contribution in [0.5, 0.6) is 5.75 Å². The third kappa shape index (κ3) is 3.45. The highest BCUT2D eigenvalue weighted by Gasteiger charge is 2.12. The number of halogens is 2. The number of nitrogens with zero attached hydrogens (tertiary/aromatic N) is 1. The van der Waals surface area contributed by atoms with Crippen LogP contribution in [0.4, 0.5) is 5.69 Å². The molecular weight excluding hydrogens is 334 g/mol. The molecule has 0 radical (unpaired) electrons. The van der Waals surface area contributed by atoms with Gasteiger partial charge in [-0.1, -0.05) is 29.8 Å². The van der Waals surface area contributed by atoms with Gasteiger partial charge in [0.1, 0.15) is 12.4 Å².